The topological polar surface area (TPSA) is 29.1 Å². The maximum absolute atomic E-state index is 12.0. The zero-order valence-electron chi connectivity index (χ0n) is 10.8. The number of hydrogen-bond donors (Lipinski definition) is 1. The van der Waals surface area contributed by atoms with Crippen molar-refractivity contribution in [1.82, 2.24) is 5.32 Å². The Kier molecular flexibility index (Phi) is 4.28. The molecule has 1 N–H and O–H groups in total. The molecule has 2 nitrogen and oxygen atoms in total. The van der Waals surface area contributed by atoms with Gasteiger partial charge >= 0.3 is 0 Å². The molecule has 0 bridgehead atoms. The number of hydrogen-bond acceptors (Lipinski definition) is 1. The predicted molar refractivity (Wildman–Crippen MR) is 74.6 cm³/mol. The molecule has 3 heteroatoms. The van der Waals surface area contributed by atoms with Crippen molar-refractivity contribution in [3.63, 3.8) is 0 Å². The molecule has 0 saturated heterocycles. The normalized spacial score (nSPS) is 19.4. The summed E-state index contributed by atoms with van der Waals surface area (Å²) in [7, 11) is 0. The highest BCUT2D eigenvalue weighted by Crippen LogP contribution is 2.36. The van der Waals surface area contributed by atoms with Gasteiger partial charge in [0.25, 0.3) is 0 Å². The average molecular weight is 266 g/mol. The van der Waals surface area contributed by atoms with E-state index in [9.17, 15) is 4.79 Å². The number of nitrogens with one attached hydrogen (secondary N) is 1. The largest absolute Gasteiger partial charge is 0.354 e. The number of amides is 1. The quantitative estimate of drug-likeness (QED) is 0.827. The summed E-state index contributed by atoms with van der Waals surface area (Å²) in [6.07, 6.45) is 4.95. The Morgan fingerprint density at radius 1 is 1.33 bits per heavy atom. The van der Waals surface area contributed by atoms with Gasteiger partial charge in [-0.15, -0.1) is 11.6 Å². The zero-order valence-corrected chi connectivity index (χ0v) is 11.5. The summed E-state index contributed by atoms with van der Waals surface area (Å²) in [5.74, 6) is -0.0870. The Morgan fingerprint density at radius 3 is 2.56 bits per heavy atom. The van der Waals surface area contributed by atoms with Crippen LogP contribution in [-0.4, -0.2) is 12.5 Å². The highest BCUT2D eigenvalue weighted by Gasteiger charge is 2.29. The van der Waals surface area contributed by atoms with E-state index in [4.69, 9.17) is 11.6 Å². The first-order valence-corrected chi connectivity index (χ1v) is 7.01. The number of rotatable bonds is 4. The Hall–Kier alpha value is -1.02. The van der Waals surface area contributed by atoms with Crippen molar-refractivity contribution < 1.29 is 4.79 Å². The van der Waals surface area contributed by atoms with Gasteiger partial charge in [-0.1, -0.05) is 50.1 Å². The van der Waals surface area contributed by atoms with Crippen LogP contribution in [0.15, 0.2) is 30.3 Å². The van der Waals surface area contributed by atoms with E-state index in [1.807, 2.05) is 30.3 Å². The number of benzene rings is 1. The lowest BCUT2D eigenvalue weighted by Crippen LogP contribution is -2.35. The van der Waals surface area contributed by atoms with Crippen molar-refractivity contribution in [2.24, 2.45) is 5.41 Å². The molecule has 0 radical (unpaired) electrons. The van der Waals surface area contributed by atoms with Gasteiger partial charge in [0.05, 0.1) is 0 Å². The van der Waals surface area contributed by atoms with Gasteiger partial charge < -0.3 is 5.32 Å². The molecule has 1 atom stereocenters. The summed E-state index contributed by atoms with van der Waals surface area (Å²) < 4.78 is 0. The molecule has 18 heavy (non-hydrogen) atoms. The van der Waals surface area contributed by atoms with Crippen LogP contribution in [-0.2, 0) is 4.79 Å². The van der Waals surface area contributed by atoms with Crippen molar-refractivity contribution >= 4 is 17.5 Å². The Labute approximate surface area is 114 Å². The van der Waals surface area contributed by atoms with Crippen LogP contribution in [0.25, 0.3) is 0 Å². The summed E-state index contributed by atoms with van der Waals surface area (Å²) >= 11 is 6.18. The highest BCUT2D eigenvalue weighted by atomic mass is 35.5. The van der Waals surface area contributed by atoms with Crippen LogP contribution in [0.2, 0.25) is 0 Å². The van der Waals surface area contributed by atoms with Crippen LogP contribution in [0.5, 0.6) is 0 Å². The maximum atomic E-state index is 12.0. The first-order valence-electron chi connectivity index (χ1n) is 6.57. The van der Waals surface area contributed by atoms with Crippen molar-refractivity contribution in [2.75, 3.05) is 6.54 Å². The molecular formula is C15H20ClNO. The second-order valence-electron chi connectivity index (χ2n) is 5.51. The first-order chi connectivity index (χ1) is 8.61. The average Bonchev–Trinajstić information content (AvgIpc) is 2.83. The minimum absolute atomic E-state index is 0.0870. The molecule has 1 aliphatic rings. The molecule has 1 saturated carbocycles. The summed E-state index contributed by atoms with van der Waals surface area (Å²) in [5.41, 5.74) is 1.12. The van der Waals surface area contributed by atoms with Crippen molar-refractivity contribution in [3.05, 3.63) is 35.9 Å². The highest BCUT2D eigenvalue weighted by molar-refractivity contribution is 6.30. The molecular weight excluding hydrogens is 246 g/mol. The summed E-state index contributed by atoms with van der Waals surface area (Å²) in [6.45, 7) is 2.98. The van der Waals surface area contributed by atoms with Crippen LogP contribution in [0.3, 0.4) is 0 Å². The molecule has 2 rings (SSSR count). The lowest BCUT2D eigenvalue weighted by Gasteiger charge is -2.24. The predicted octanol–water partition coefficient (Wildman–Crippen LogP) is 3.66. The SMILES string of the molecule is CC1(CNC(=O)C(Cl)c2ccccc2)CCCC1. The van der Waals surface area contributed by atoms with Crippen molar-refractivity contribution in [3.8, 4) is 0 Å². The maximum Gasteiger partial charge on any atom is 0.242 e. The van der Waals surface area contributed by atoms with Crippen LogP contribution in [0, 0.1) is 5.41 Å². The lowest BCUT2D eigenvalue weighted by molar-refractivity contribution is -0.121. The fourth-order valence-corrected chi connectivity index (χ4v) is 2.79. The van der Waals surface area contributed by atoms with E-state index in [0.29, 0.717) is 0 Å². The number of carbonyl (C=O) groups excluding carboxylic acids is 1. The van der Waals surface area contributed by atoms with Crippen LogP contribution < -0.4 is 5.32 Å². The van der Waals surface area contributed by atoms with Gasteiger partial charge in [0, 0.05) is 6.54 Å². The first kappa shape index (κ1) is 13.4. The van der Waals surface area contributed by atoms with Gasteiger partial charge in [-0.2, -0.15) is 0 Å². The fourth-order valence-electron chi connectivity index (χ4n) is 2.57. The minimum Gasteiger partial charge on any atom is -0.354 e. The third-order valence-corrected chi connectivity index (χ3v) is 4.27. The van der Waals surface area contributed by atoms with E-state index >= 15 is 0 Å². The third-order valence-electron chi connectivity index (χ3n) is 3.82. The standard InChI is InChI=1S/C15H20ClNO/c1-15(9-5-6-10-15)11-17-14(18)13(16)12-7-3-2-4-8-12/h2-4,7-8,13H,5-6,9-11H2,1H3,(H,17,18). The Balaban J connectivity index is 1.88. The third kappa shape index (κ3) is 3.26. The van der Waals surface area contributed by atoms with Crippen LogP contribution in [0.4, 0.5) is 0 Å². The molecule has 0 aromatic heterocycles. The molecule has 1 fully saturated rings. The fraction of sp³-hybridized carbons (Fsp3) is 0.533. The van der Waals surface area contributed by atoms with E-state index in [2.05, 4.69) is 12.2 Å². The second kappa shape index (κ2) is 5.75. The molecule has 1 aliphatic carbocycles. The van der Waals surface area contributed by atoms with Gasteiger partial charge in [-0.25, -0.2) is 0 Å². The monoisotopic (exact) mass is 265 g/mol. The molecule has 0 heterocycles. The smallest absolute Gasteiger partial charge is 0.242 e. The molecule has 0 aliphatic heterocycles. The van der Waals surface area contributed by atoms with E-state index < -0.39 is 5.38 Å². The minimum atomic E-state index is -0.587. The van der Waals surface area contributed by atoms with E-state index in [1.54, 1.807) is 0 Å². The van der Waals surface area contributed by atoms with E-state index in [1.165, 1.54) is 25.7 Å². The van der Waals surface area contributed by atoms with Crippen LogP contribution in [0.1, 0.15) is 43.5 Å². The molecule has 1 aromatic carbocycles. The number of halogens is 1. The van der Waals surface area contributed by atoms with Gasteiger partial charge in [-0.05, 0) is 23.8 Å². The van der Waals surface area contributed by atoms with E-state index in [-0.39, 0.29) is 11.3 Å². The van der Waals surface area contributed by atoms with E-state index in [0.717, 1.165) is 12.1 Å². The Morgan fingerprint density at radius 2 is 1.94 bits per heavy atom. The zero-order chi connectivity index (χ0) is 13.0. The van der Waals surface area contributed by atoms with Crippen LogP contribution >= 0.6 is 11.6 Å². The Bertz CT molecular complexity index is 398. The lowest BCUT2D eigenvalue weighted by atomic mass is 9.89. The molecule has 0 spiro atoms. The molecule has 98 valence electrons. The van der Waals surface area contributed by atoms with Gasteiger partial charge in [0.2, 0.25) is 5.91 Å². The van der Waals surface area contributed by atoms with Gasteiger partial charge in [-0.3, -0.25) is 4.79 Å². The summed E-state index contributed by atoms with van der Waals surface area (Å²) in [6, 6.07) is 9.49. The molecule has 1 unspecified atom stereocenters. The van der Waals surface area contributed by atoms with Crippen molar-refractivity contribution in [1.29, 1.82) is 0 Å². The number of alkyl halides is 1. The summed E-state index contributed by atoms with van der Waals surface area (Å²) in [5, 5.41) is 2.41. The molecule has 1 aromatic rings. The van der Waals surface area contributed by atoms with Crippen molar-refractivity contribution in [2.45, 2.75) is 38.0 Å². The van der Waals surface area contributed by atoms with Gasteiger partial charge in [0.15, 0.2) is 0 Å². The van der Waals surface area contributed by atoms with Gasteiger partial charge in [0.1, 0.15) is 5.38 Å². The number of carbonyl (C=O) groups is 1. The molecule has 1 amide bonds. The second-order valence-corrected chi connectivity index (χ2v) is 5.95. The summed E-state index contributed by atoms with van der Waals surface area (Å²) in [4.78, 5) is 12.0.